The number of carboxylic acid groups (broad SMARTS) is 1. The Kier molecular flexibility index (Phi) is 11.1. The van der Waals surface area contributed by atoms with Crippen LogP contribution < -0.4 is 10.6 Å². The summed E-state index contributed by atoms with van der Waals surface area (Å²) in [6.07, 6.45) is -2.71. The minimum Gasteiger partial charge on any atom is -0.508 e. The number of benzene rings is 2. The van der Waals surface area contributed by atoms with Gasteiger partial charge in [0.05, 0.1) is 0 Å². The lowest BCUT2D eigenvalue weighted by Gasteiger charge is -2.30. The number of phenols is 1. The molecule has 0 saturated carbocycles. The van der Waals surface area contributed by atoms with Crippen molar-refractivity contribution in [3.8, 4) is 5.75 Å². The highest BCUT2D eigenvalue weighted by Gasteiger charge is 2.41. The van der Waals surface area contributed by atoms with Gasteiger partial charge in [-0.15, -0.1) is 0 Å². The van der Waals surface area contributed by atoms with Crippen LogP contribution in [0.5, 0.6) is 5.75 Å². The van der Waals surface area contributed by atoms with Gasteiger partial charge in [0.25, 0.3) is 0 Å². The summed E-state index contributed by atoms with van der Waals surface area (Å²) in [5.74, 6) is -4.35. The zero-order chi connectivity index (χ0) is 29.4. The van der Waals surface area contributed by atoms with Crippen molar-refractivity contribution in [2.75, 3.05) is 0 Å². The van der Waals surface area contributed by atoms with E-state index in [4.69, 9.17) is 9.26 Å². The molecular formula is C27H37N2O9P. The van der Waals surface area contributed by atoms with Crippen molar-refractivity contribution in [1.29, 1.82) is 0 Å². The fraction of sp³-hybridized carbons (Fsp3) is 0.444. The summed E-state index contributed by atoms with van der Waals surface area (Å²) in [7, 11) is -4.75. The molecule has 0 aromatic heterocycles. The van der Waals surface area contributed by atoms with Crippen molar-refractivity contribution in [3.63, 3.8) is 0 Å². The van der Waals surface area contributed by atoms with E-state index in [0.717, 1.165) is 0 Å². The lowest BCUT2D eigenvalue weighted by molar-refractivity contribution is -0.145. The highest BCUT2D eigenvalue weighted by Crippen LogP contribution is 2.50. The number of aromatic hydroxyl groups is 1. The van der Waals surface area contributed by atoms with Crippen LogP contribution in [0.4, 0.5) is 4.79 Å². The Labute approximate surface area is 228 Å². The van der Waals surface area contributed by atoms with Gasteiger partial charge in [0.2, 0.25) is 5.91 Å². The van der Waals surface area contributed by atoms with Crippen LogP contribution >= 0.6 is 7.60 Å². The molecule has 5 N–H and O–H groups in total. The highest BCUT2D eigenvalue weighted by molar-refractivity contribution is 7.53. The third kappa shape index (κ3) is 10.7. The Morgan fingerprint density at radius 2 is 1.49 bits per heavy atom. The first-order valence-corrected chi connectivity index (χ1v) is 14.1. The van der Waals surface area contributed by atoms with E-state index in [1.807, 2.05) is 0 Å². The molecule has 0 spiro atoms. The summed E-state index contributed by atoms with van der Waals surface area (Å²) in [4.78, 5) is 48.5. The molecule has 11 nitrogen and oxygen atoms in total. The first kappa shape index (κ1) is 31.8. The van der Waals surface area contributed by atoms with Gasteiger partial charge in [-0.2, -0.15) is 0 Å². The van der Waals surface area contributed by atoms with Crippen LogP contribution in [0, 0.1) is 5.92 Å². The van der Waals surface area contributed by atoms with Crippen molar-refractivity contribution in [1.82, 2.24) is 10.6 Å². The Morgan fingerprint density at radius 3 is 2.00 bits per heavy atom. The molecule has 2 aromatic carbocycles. The number of hydrogen-bond donors (Lipinski definition) is 5. The van der Waals surface area contributed by atoms with Gasteiger partial charge in [-0.1, -0.05) is 56.3 Å². The molecule has 0 fully saturated rings. The fourth-order valence-electron chi connectivity index (χ4n) is 3.64. The molecule has 12 heteroatoms. The van der Waals surface area contributed by atoms with Crippen LogP contribution in [0.2, 0.25) is 0 Å². The third-order valence-electron chi connectivity index (χ3n) is 5.47. The number of rotatable bonds is 12. The topological polar surface area (TPSA) is 171 Å². The third-order valence-corrected chi connectivity index (χ3v) is 7.46. The smallest absolute Gasteiger partial charge is 0.408 e. The van der Waals surface area contributed by atoms with Gasteiger partial charge in [-0.3, -0.25) is 13.9 Å². The Morgan fingerprint density at radius 1 is 0.923 bits per heavy atom. The molecule has 0 aliphatic rings. The number of ether oxygens (including phenoxy) is 1. The van der Waals surface area contributed by atoms with E-state index < -0.39 is 55.0 Å². The van der Waals surface area contributed by atoms with Gasteiger partial charge in [-0.25, -0.2) is 9.59 Å². The van der Waals surface area contributed by atoms with Gasteiger partial charge >= 0.3 is 19.7 Å². The molecule has 39 heavy (non-hydrogen) atoms. The molecule has 0 heterocycles. The second-order valence-electron chi connectivity index (χ2n) is 10.5. The maximum absolute atomic E-state index is 13.4. The lowest BCUT2D eigenvalue weighted by Crippen LogP contribution is -2.52. The van der Waals surface area contributed by atoms with Crippen molar-refractivity contribution in [2.45, 2.75) is 71.0 Å². The van der Waals surface area contributed by atoms with Crippen molar-refractivity contribution < 1.29 is 43.3 Å². The molecule has 214 valence electrons. The van der Waals surface area contributed by atoms with E-state index in [9.17, 15) is 34.1 Å². The van der Waals surface area contributed by atoms with Crippen LogP contribution in [0.15, 0.2) is 54.6 Å². The van der Waals surface area contributed by atoms with Crippen molar-refractivity contribution in [3.05, 3.63) is 65.7 Å². The average molecular weight is 565 g/mol. The van der Waals surface area contributed by atoms with E-state index in [2.05, 4.69) is 10.6 Å². The first-order valence-electron chi connectivity index (χ1n) is 12.4. The largest absolute Gasteiger partial charge is 0.508 e. The van der Waals surface area contributed by atoms with Crippen LogP contribution in [0.3, 0.4) is 0 Å². The summed E-state index contributed by atoms with van der Waals surface area (Å²) in [5, 5.41) is 24.2. The summed E-state index contributed by atoms with van der Waals surface area (Å²) in [6, 6.07) is 13.2. The molecule has 2 aromatic rings. The van der Waals surface area contributed by atoms with E-state index in [0.29, 0.717) is 11.1 Å². The Hall–Kier alpha value is -3.40. The molecule has 0 aliphatic carbocycles. The minimum absolute atomic E-state index is 0.0154. The van der Waals surface area contributed by atoms with Gasteiger partial charge < -0.3 is 30.5 Å². The number of carbonyl (C=O) groups is 3. The van der Waals surface area contributed by atoms with Crippen LogP contribution in [0.25, 0.3) is 0 Å². The number of amides is 2. The standard InChI is InChI=1S/C27H37N2O9P/c1-17(2)24(39(35,36)38-22(25(32)33)16-18-9-7-6-8-10-18)29-23(31)21(28-26(34)37-27(3,4)5)15-19-11-13-20(30)14-12-19/h6-14,17,21-22,24,30H,15-16H2,1-5H3,(H,28,34)(H,29,31)(H,32,33)(H,35,36)/t21-,22?,24?/m0/s1. The van der Waals surface area contributed by atoms with E-state index in [1.54, 1.807) is 77.1 Å². The number of hydrogen-bond acceptors (Lipinski definition) is 7. The molecule has 0 radical (unpaired) electrons. The molecule has 2 rings (SSSR count). The number of phenolic OH excluding ortho intramolecular Hbond substituents is 1. The predicted molar refractivity (Wildman–Crippen MR) is 144 cm³/mol. The van der Waals surface area contributed by atoms with Crippen molar-refractivity contribution in [2.24, 2.45) is 5.92 Å². The molecule has 0 aliphatic heterocycles. The lowest BCUT2D eigenvalue weighted by atomic mass is 10.0. The van der Waals surface area contributed by atoms with Gasteiger partial charge in [0.15, 0.2) is 6.10 Å². The summed E-state index contributed by atoms with van der Waals surface area (Å²) in [6.45, 7) is 8.11. The molecular weight excluding hydrogens is 527 g/mol. The number of alkyl carbamates (subject to hydrolysis) is 1. The van der Waals surface area contributed by atoms with E-state index in [1.165, 1.54) is 12.1 Å². The van der Waals surface area contributed by atoms with Crippen LogP contribution in [-0.2, 0) is 36.3 Å². The minimum atomic E-state index is -4.75. The van der Waals surface area contributed by atoms with Crippen LogP contribution in [-0.4, -0.2) is 56.6 Å². The normalized spacial score (nSPS) is 15.5. The SMILES string of the molecule is CC(C)C(NC(=O)[C@H](Cc1ccc(O)cc1)NC(=O)OC(C)(C)C)P(=O)(O)OC(Cc1ccccc1)C(=O)O. The predicted octanol–water partition coefficient (Wildman–Crippen LogP) is 3.82. The second kappa shape index (κ2) is 13.6. The monoisotopic (exact) mass is 564 g/mol. The van der Waals surface area contributed by atoms with Gasteiger partial charge in [0.1, 0.15) is 23.2 Å². The Balaban J connectivity index is 2.27. The average Bonchev–Trinajstić information content (AvgIpc) is 2.82. The zero-order valence-corrected chi connectivity index (χ0v) is 23.6. The molecule has 4 atom stereocenters. The summed E-state index contributed by atoms with van der Waals surface area (Å²) in [5.41, 5.74) is 0.330. The maximum Gasteiger partial charge on any atom is 0.408 e. The second-order valence-corrected chi connectivity index (χ2v) is 12.3. The summed E-state index contributed by atoms with van der Waals surface area (Å²) < 4.78 is 23.8. The van der Waals surface area contributed by atoms with Gasteiger partial charge in [0, 0.05) is 12.8 Å². The van der Waals surface area contributed by atoms with Crippen molar-refractivity contribution >= 4 is 25.6 Å². The van der Waals surface area contributed by atoms with Gasteiger partial charge in [-0.05, 0) is 49.9 Å². The molecule has 0 saturated heterocycles. The Bertz CT molecular complexity index is 1160. The number of aliphatic carboxylic acids is 1. The highest BCUT2D eigenvalue weighted by atomic mass is 31.2. The van der Waals surface area contributed by atoms with E-state index >= 15 is 0 Å². The zero-order valence-electron chi connectivity index (χ0n) is 22.7. The quantitative estimate of drug-likeness (QED) is 0.240. The van der Waals surface area contributed by atoms with Crippen LogP contribution in [0.1, 0.15) is 45.7 Å². The number of nitrogens with one attached hydrogen (secondary N) is 2. The number of carboxylic acids is 1. The summed E-state index contributed by atoms with van der Waals surface area (Å²) >= 11 is 0. The first-order chi connectivity index (χ1) is 18.1. The van der Waals surface area contributed by atoms with E-state index in [-0.39, 0.29) is 18.6 Å². The molecule has 3 unspecified atom stereocenters. The molecule has 2 amide bonds. The number of carbonyl (C=O) groups excluding carboxylic acids is 2. The maximum atomic E-state index is 13.4. The molecule has 0 bridgehead atoms. The fourth-order valence-corrected chi connectivity index (χ4v) is 5.35.